The Balaban J connectivity index is 2.06. The molecule has 6 heteroatoms. The lowest BCUT2D eigenvalue weighted by molar-refractivity contribution is -0.125. The highest BCUT2D eigenvalue weighted by atomic mass is 19.3. The summed E-state index contributed by atoms with van der Waals surface area (Å²) in [5.41, 5.74) is 0. The van der Waals surface area contributed by atoms with Gasteiger partial charge in [0.2, 0.25) is 5.91 Å². The third kappa shape index (κ3) is 6.31. The second-order valence-corrected chi connectivity index (χ2v) is 4.10. The summed E-state index contributed by atoms with van der Waals surface area (Å²) in [6.45, 7) is -0.632. The van der Waals surface area contributed by atoms with Gasteiger partial charge in [-0.15, -0.1) is 0 Å². The first-order valence-electron chi connectivity index (χ1n) is 5.75. The Labute approximate surface area is 98.7 Å². The predicted octanol–water partition coefficient (Wildman–Crippen LogP) is 1.29. The van der Waals surface area contributed by atoms with E-state index in [1.165, 1.54) is 0 Å². The second-order valence-electron chi connectivity index (χ2n) is 4.10. The van der Waals surface area contributed by atoms with Crippen molar-refractivity contribution < 1.29 is 23.1 Å². The molecule has 1 saturated carbocycles. The van der Waals surface area contributed by atoms with Gasteiger partial charge in [0.25, 0.3) is 6.43 Å². The third-order valence-corrected chi connectivity index (χ3v) is 2.63. The van der Waals surface area contributed by atoms with E-state index in [1.807, 2.05) is 0 Å². The van der Waals surface area contributed by atoms with Gasteiger partial charge in [0.15, 0.2) is 0 Å². The van der Waals surface area contributed by atoms with E-state index >= 15 is 0 Å². The summed E-state index contributed by atoms with van der Waals surface area (Å²) < 4.78 is 28.0. The molecule has 0 bridgehead atoms. The minimum atomic E-state index is -2.50. The fraction of sp³-hybridized carbons (Fsp3) is 0.818. The summed E-state index contributed by atoms with van der Waals surface area (Å²) in [5, 5.41) is 2.77. The Morgan fingerprint density at radius 2 is 2.06 bits per heavy atom. The van der Waals surface area contributed by atoms with Gasteiger partial charge < -0.3 is 10.1 Å². The average Bonchev–Trinajstić information content (AvgIpc) is 2.27. The number of amides is 1. The number of halogens is 2. The Hall–Kier alpha value is -1.04. The van der Waals surface area contributed by atoms with Crippen molar-refractivity contribution in [2.75, 3.05) is 13.2 Å². The van der Waals surface area contributed by atoms with Gasteiger partial charge in [0, 0.05) is 25.3 Å². The van der Waals surface area contributed by atoms with Crippen molar-refractivity contribution in [1.29, 1.82) is 0 Å². The van der Waals surface area contributed by atoms with E-state index in [0.29, 0.717) is 25.7 Å². The van der Waals surface area contributed by atoms with Gasteiger partial charge in [0.05, 0.1) is 6.61 Å². The molecular weight excluding hydrogens is 232 g/mol. The van der Waals surface area contributed by atoms with Gasteiger partial charge in [-0.1, -0.05) is 0 Å². The molecule has 1 amide bonds. The zero-order chi connectivity index (χ0) is 12.7. The number of alkyl halides is 2. The number of Topliss-reactive ketones (excluding diaryl/α,β-unsaturated/α-hetero) is 1. The van der Waals surface area contributed by atoms with Crippen LogP contribution in [0.3, 0.4) is 0 Å². The van der Waals surface area contributed by atoms with Crippen molar-refractivity contribution >= 4 is 11.7 Å². The van der Waals surface area contributed by atoms with Crippen LogP contribution in [0.15, 0.2) is 0 Å². The average molecular weight is 249 g/mol. The summed E-state index contributed by atoms with van der Waals surface area (Å²) in [5.74, 6) is 0.0226. The molecule has 0 aromatic carbocycles. The lowest BCUT2D eigenvalue weighted by Gasteiger charge is -2.22. The molecule has 0 aliphatic heterocycles. The molecule has 0 aromatic heterocycles. The van der Waals surface area contributed by atoms with E-state index in [1.54, 1.807) is 0 Å². The predicted molar refractivity (Wildman–Crippen MR) is 56.8 cm³/mol. The fourth-order valence-electron chi connectivity index (χ4n) is 1.72. The molecule has 0 atom stereocenters. The maximum atomic E-state index is 11.7. The monoisotopic (exact) mass is 249 g/mol. The van der Waals surface area contributed by atoms with Crippen LogP contribution < -0.4 is 5.32 Å². The van der Waals surface area contributed by atoms with E-state index in [4.69, 9.17) is 0 Å². The fourth-order valence-corrected chi connectivity index (χ4v) is 1.72. The van der Waals surface area contributed by atoms with Crippen molar-refractivity contribution in [3.05, 3.63) is 0 Å². The Bertz CT molecular complexity index is 261. The van der Waals surface area contributed by atoms with Gasteiger partial charge in [0.1, 0.15) is 12.4 Å². The molecule has 0 spiro atoms. The molecule has 0 heterocycles. The summed E-state index contributed by atoms with van der Waals surface area (Å²) in [6, 6.07) is 0.0373. The van der Waals surface area contributed by atoms with Crippen molar-refractivity contribution in [3.63, 3.8) is 0 Å². The van der Waals surface area contributed by atoms with E-state index in [9.17, 15) is 18.4 Å². The number of nitrogens with one attached hydrogen (secondary N) is 1. The standard InChI is InChI=1S/C11H17F2NO3/c12-10(13)7-17-6-5-11(16)14-8-1-3-9(15)4-2-8/h8,10H,1-7H2,(H,14,16). The minimum Gasteiger partial charge on any atom is -0.375 e. The van der Waals surface area contributed by atoms with Crippen LogP contribution in [-0.4, -0.2) is 37.4 Å². The smallest absolute Gasteiger partial charge is 0.261 e. The lowest BCUT2D eigenvalue weighted by atomic mass is 9.94. The highest BCUT2D eigenvalue weighted by Gasteiger charge is 2.19. The van der Waals surface area contributed by atoms with Crippen molar-refractivity contribution in [1.82, 2.24) is 5.32 Å². The molecular formula is C11H17F2NO3. The first-order valence-corrected chi connectivity index (χ1v) is 5.75. The zero-order valence-corrected chi connectivity index (χ0v) is 9.59. The number of carbonyl (C=O) groups is 2. The zero-order valence-electron chi connectivity index (χ0n) is 9.59. The SMILES string of the molecule is O=C1CCC(NC(=O)CCOCC(F)F)CC1. The maximum Gasteiger partial charge on any atom is 0.261 e. The van der Waals surface area contributed by atoms with Crippen LogP contribution in [0.1, 0.15) is 32.1 Å². The van der Waals surface area contributed by atoms with Crippen LogP contribution >= 0.6 is 0 Å². The van der Waals surface area contributed by atoms with Crippen LogP contribution in [0.25, 0.3) is 0 Å². The molecule has 0 unspecified atom stereocenters. The molecule has 1 rings (SSSR count). The van der Waals surface area contributed by atoms with Gasteiger partial charge in [-0.3, -0.25) is 9.59 Å². The topological polar surface area (TPSA) is 55.4 Å². The number of carbonyl (C=O) groups excluding carboxylic acids is 2. The molecule has 0 saturated heterocycles. The number of ketones is 1. The molecule has 17 heavy (non-hydrogen) atoms. The highest BCUT2D eigenvalue weighted by Crippen LogP contribution is 2.14. The third-order valence-electron chi connectivity index (χ3n) is 2.63. The van der Waals surface area contributed by atoms with Gasteiger partial charge in [-0.25, -0.2) is 8.78 Å². The molecule has 1 aliphatic carbocycles. The Morgan fingerprint density at radius 1 is 1.41 bits per heavy atom. The maximum absolute atomic E-state index is 11.7. The molecule has 4 nitrogen and oxygen atoms in total. The number of rotatable bonds is 6. The Morgan fingerprint density at radius 3 is 2.65 bits per heavy atom. The van der Waals surface area contributed by atoms with Crippen LogP contribution in [-0.2, 0) is 14.3 Å². The van der Waals surface area contributed by atoms with Crippen LogP contribution in [0.4, 0.5) is 8.78 Å². The summed E-state index contributed by atoms with van der Waals surface area (Å²) in [4.78, 5) is 22.3. The quantitative estimate of drug-likeness (QED) is 0.721. The molecule has 0 aromatic rings. The largest absolute Gasteiger partial charge is 0.375 e. The summed E-state index contributed by atoms with van der Waals surface area (Å²) in [7, 11) is 0. The number of ether oxygens (including phenoxy) is 1. The molecule has 1 fully saturated rings. The lowest BCUT2D eigenvalue weighted by Crippen LogP contribution is -2.38. The van der Waals surface area contributed by atoms with Crippen molar-refractivity contribution in [2.24, 2.45) is 0 Å². The molecule has 98 valence electrons. The number of hydrogen-bond donors (Lipinski definition) is 1. The molecule has 1 N–H and O–H groups in total. The minimum absolute atomic E-state index is 0.00181. The van der Waals surface area contributed by atoms with Crippen molar-refractivity contribution in [3.8, 4) is 0 Å². The van der Waals surface area contributed by atoms with Crippen LogP contribution in [0.2, 0.25) is 0 Å². The number of hydrogen-bond acceptors (Lipinski definition) is 3. The normalized spacial score (nSPS) is 17.5. The van der Waals surface area contributed by atoms with E-state index < -0.39 is 13.0 Å². The van der Waals surface area contributed by atoms with E-state index in [-0.39, 0.29) is 30.8 Å². The van der Waals surface area contributed by atoms with Gasteiger partial charge >= 0.3 is 0 Å². The van der Waals surface area contributed by atoms with Gasteiger partial charge in [-0.2, -0.15) is 0 Å². The van der Waals surface area contributed by atoms with Crippen LogP contribution in [0.5, 0.6) is 0 Å². The second kappa shape index (κ2) is 7.32. The van der Waals surface area contributed by atoms with Gasteiger partial charge in [-0.05, 0) is 12.8 Å². The first-order chi connectivity index (χ1) is 8.08. The molecule has 0 radical (unpaired) electrons. The molecule has 1 aliphatic rings. The first kappa shape index (κ1) is 14.0. The Kier molecular flexibility index (Phi) is 6.04. The van der Waals surface area contributed by atoms with Crippen LogP contribution in [0, 0.1) is 0 Å². The summed E-state index contributed by atoms with van der Waals surface area (Å²) in [6.07, 6.45) is -0.0655. The highest BCUT2D eigenvalue weighted by molar-refractivity contribution is 5.80. The van der Waals surface area contributed by atoms with Crippen molar-refractivity contribution in [2.45, 2.75) is 44.6 Å². The van der Waals surface area contributed by atoms with E-state index in [0.717, 1.165) is 0 Å². The summed E-state index contributed by atoms with van der Waals surface area (Å²) >= 11 is 0. The van der Waals surface area contributed by atoms with E-state index in [2.05, 4.69) is 10.1 Å².